The zero-order valence-corrected chi connectivity index (χ0v) is 28.0. The normalized spacial score (nSPS) is 19.3. The predicted octanol–water partition coefficient (Wildman–Crippen LogP) is 3.70. The van der Waals surface area contributed by atoms with Crippen molar-refractivity contribution in [3.05, 3.63) is 104 Å². The quantitative estimate of drug-likeness (QED) is 0.0983. The summed E-state index contributed by atoms with van der Waals surface area (Å²) in [7, 11) is -0.488. The minimum Gasteiger partial charge on any atom is -0.448 e. The summed E-state index contributed by atoms with van der Waals surface area (Å²) in [6.45, 7) is 0. The van der Waals surface area contributed by atoms with E-state index in [1.54, 1.807) is 6.08 Å². The maximum atomic E-state index is 14.0. The van der Waals surface area contributed by atoms with Gasteiger partial charge in [-0.1, -0.05) is 65.8 Å². The van der Waals surface area contributed by atoms with E-state index < -0.39 is 46.1 Å². The van der Waals surface area contributed by atoms with E-state index in [2.05, 4.69) is 52.6 Å². The van der Waals surface area contributed by atoms with E-state index in [9.17, 15) is 23.4 Å². The fraction of sp³-hybridized carbons (Fsp3) is 0.172. The number of halogens is 2. The molecule has 1 fully saturated rings. The van der Waals surface area contributed by atoms with Crippen LogP contribution in [0.15, 0.2) is 91.9 Å². The first kappa shape index (κ1) is 32.4. The lowest BCUT2D eigenvalue weighted by molar-refractivity contribution is -0.154. The molecule has 232 valence electrons. The van der Waals surface area contributed by atoms with Crippen LogP contribution in [0.25, 0.3) is 0 Å². The molecule has 5 rings (SSSR count). The number of nitrogens with one attached hydrogen (secondary N) is 2. The number of nitrogens with zero attached hydrogens (tertiary/aromatic N) is 3. The van der Waals surface area contributed by atoms with Gasteiger partial charge >= 0.3 is 5.97 Å². The number of allylic oxidation sites excluding steroid dienone is 1. The number of oxime groups is 1. The summed E-state index contributed by atoms with van der Waals surface area (Å²) >= 11 is 7.62. The van der Waals surface area contributed by atoms with E-state index in [1.165, 1.54) is 12.5 Å². The summed E-state index contributed by atoms with van der Waals surface area (Å²) in [6, 6.07) is 17.1. The highest BCUT2D eigenvalue weighted by Gasteiger charge is 2.57. The third-order valence-electron chi connectivity index (χ3n) is 6.67. The number of hydrogen-bond acceptors (Lipinski definition) is 10. The van der Waals surface area contributed by atoms with Gasteiger partial charge < -0.3 is 20.2 Å². The molecule has 2 N–H and O–H groups in total. The largest absolute Gasteiger partial charge is 0.448 e. The predicted molar refractivity (Wildman–Crippen MR) is 175 cm³/mol. The number of aromatic nitrogens is 1. The summed E-state index contributed by atoms with van der Waals surface area (Å²) < 4.78 is 20.0. The Hall–Kier alpha value is -3.99. The number of thiazole rings is 1. The first-order chi connectivity index (χ1) is 21.7. The molecule has 2 aromatic carbocycles. The number of rotatable bonds is 11. The molecule has 3 heterocycles. The van der Waals surface area contributed by atoms with E-state index in [0.717, 1.165) is 16.2 Å². The zero-order valence-electron chi connectivity index (χ0n) is 23.2. The van der Waals surface area contributed by atoms with Crippen molar-refractivity contribution in [2.45, 2.75) is 17.5 Å². The fourth-order valence-corrected chi connectivity index (χ4v) is 7.63. The van der Waals surface area contributed by atoms with Crippen LogP contribution >= 0.6 is 43.2 Å². The van der Waals surface area contributed by atoms with Crippen molar-refractivity contribution in [2.75, 3.05) is 18.2 Å². The third kappa shape index (κ3) is 6.98. The van der Waals surface area contributed by atoms with Gasteiger partial charge in [-0.3, -0.25) is 23.5 Å². The minimum absolute atomic E-state index is 0.0850. The molecule has 1 saturated heterocycles. The van der Waals surface area contributed by atoms with Gasteiger partial charge in [0.15, 0.2) is 16.9 Å². The van der Waals surface area contributed by atoms with Gasteiger partial charge in [0.05, 0.1) is 19.9 Å². The second-order valence-corrected chi connectivity index (χ2v) is 14.6. The Kier molecular flexibility index (Phi) is 10.4. The molecule has 3 amide bonds. The molecule has 0 saturated carbocycles. The number of β-lactam (4-membered cyclic amide) rings is 1. The fourth-order valence-electron chi connectivity index (χ4n) is 4.79. The van der Waals surface area contributed by atoms with E-state index in [4.69, 9.17) is 9.57 Å². The second kappa shape index (κ2) is 14.4. The van der Waals surface area contributed by atoms with Crippen molar-refractivity contribution in [3.63, 3.8) is 0 Å². The Labute approximate surface area is 280 Å². The average molecular weight is 777 g/mol. The molecule has 2 aliphatic heterocycles. The number of anilines is 1. The molecule has 16 heteroatoms. The molecule has 1 aromatic heterocycles. The van der Waals surface area contributed by atoms with Crippen molar-refractivity contribution in [1.29, 1.82) is 0 Å². The molecule has 0 bridgehead atoms. The Morgan fingerprint density at radius 3 is 2.36 bits per heavy atom. The summed E-state index contributed by atoms with van der Waals surface area (Å²) in [4.78, 5) is 61.7. The van der Waals surface area contributed by atoms with E-state index >= 15 is 0 Å². The van der Waals surface area contributed by atoms with Crippen LogP contribution in [-0.2, 0) is 39.6 Å². The molecule has 3 aromatic rings. The molecule has 3 atom stereocenters. The number of fused-ring (bicyclic) bond motifs is 1. The van der Waals surface area contributed by atoms with Crippen LogP contribution in [-0.4, -0.2) is 68.3 Å². The lowest BCUT2D eigenvalue weighted by Gasteiger charge is -2.49. The lowest BCUT2D eigenvalue weighted by Crippen LogP contribution is -2.74. The molecule has 2 aliphatic rings. The molecular weight excluding hydrogens is 754 g/mol. The number of carbonyl (C=O) groups is 4. The second-order valence-electron chi connectivity index (χ2n) is 9.41. The highest BCUT2D eigenvalue weighted by molar-refractivity contribution is 9.28. The van der Waals surface area contributed by atoms with Gasteiger partial charge in [-0.15, -0.1) is 11.3 Å². The van der Waals surface area contributed by atoms with E-state index in [0.29, 0.717) is 26.5 Å². The summed E-state index contributed by atoms with van der Waals surface area (Å²) in [5.74, 6) is -2.40. The van der Waals surface area contributed by atoms with Crippen LogP contribution in [0.4, 0.5) is 5.13 Å². The zero-order chi connectivity index (χ0) is 32.1. The number of amides is 3. The number of benzene rings is 2. The van der Waals surface area contributed by atoms with Crippen LogP contribution in [0.5, 0.6) is 0 Å². The molecule has 2 unspecified atom stereocenters. The SMILES string of the molecule is CO/N=C(/C(=O)NC1C(=O)N2C(C(=O)OC(c3ccccc3)c3ccccc3)=C(C=C(Br)Br)CS(=O)[C@H]12)c1csc(NC=O)n1. The topological polar surface area (TPSA) is 156 Å². The molecule has 12 nitrogen and oxygen atoms in total. The van der Waals surface area contributed by atoms with E-state index in [1.807, 2.05) is 60.7 Å². The Balaban J connectivity index is 1.44. The van der Waals surface area contributed by atoms with Crippen molar-refractivity contribution in [3.8, 4) is 0 Å². The smallest absolute Gasteiger partial charge is 0.356 e. The molecule has 0 radical (unpaired) electrons. The standard InChI is InChI=1S/C29H23Br2N5O7S2/c1-42-35-21(19-13-44-29(33-19)32-15-37)25(38)34-22-26(39)36-23(18(12-20(30)31)14-45(41)27(22)36)28(40)43-24(16-8-4-2-5-9-16)17-10-6-3-7-11-17/h2-13,15,22,24,27H,14H2,1H3,(H,34,38)(H,32,33,37)/b35-21+/t22?,27-,45?/m1/s1. The third-order valence-corrected chi connectivity index (χ3v) is 9.52. The lowest BCUT2D eigenvalue weighted by atomic mass is 10.0. The van der Waals surface area contributed by atoms with Gasteiger partial charge in [0.1, 0.15) is 29.9 Å². The number of hydrogen-bond donors (Lipinski definition) is 2. The van der Waals surface area contributed by atoms with E-state index in [-0.39, 0.29) is 28.0 Å². The van der Waals surface area contributed by atoms with Gasteiger partial charge in [0.25, 0.3) is 11.8 Å². The Bertz CT molecular complexity index is 1700. The molecular formula is C29H23Br2N5O7S2. The molecule has 45 heavy (non-hydrogen) atoms. The van der Waals surface area contributed by atoms with Crippen molar-refractivity contribution >= 4 is 89.0 Å². The van der Waals surface area contributed by atoms with Crippen molar-refractivity contribution in [1.82, 2.24) is 15.2 Å². The number of ether oxygens (including phenoxy) is 1. The molecule has 0 spiro atoms. The van der Waals surface area contributed by atoms with Gasteiger partial charge in [0, 0.05) is 5.38 Å². The van der Waals surface area contributed by atoms with Gasteiger partial charge in [-0.05, 0) is 54.6 Å². The van der Waals surface area contributed by atoms with Crippen LogP contribution in [0.3, 0.4) is 0 Å². The van der Waals surface area contributed by atoms with Gasteiger partial charge in [-0.2, -0.15) is 0 Å². The van der Waals surface area contributed by atoms with Crippen LogP contribution in [0.2, 0.25) is 0 Å². The van der Waals surface area contributed by atoms with Gasteiger partial charge in [-0.25, -0.2) is 9.78 Å². The van der Waals surface area contributed by atoms with Crippen molar-refractivity contribution in [2.24, 2.45) is 5.16 Å². The first-order valence-electron chi connectivity index (χ1n) is 13.1. The Morgan fingerprint density at radius 2 is 1.78 bits per heavy atom. The molecule has 0 aliphatic carbocycles. The summed E-state index contributed by atoms with van der Waals surface area (Å²) in [5, 5.41) is 9.30. The highest BCUT2D eigenvalue weighted by Crippen LogP contribution is 2.38. The number of carbonyl (C=O) groups excluding carboxylic acids is 4. The maximum Gasteiger partial charge on any atom is 0.356 e. The van der Waals surface area contributed by atoms with Crippen LogP contribution in [0.1, 0.15) is 22.9 Å². The summed E-state index contributed by atoms with van der Waals surface area (Å²) in [5.41, 5.74) is 1.46. The average Bonchev–Trinajstić information content (AvgIpc) is 3.49. The monoisotopic (exact) mass is 775 g/mol. The van der Waals surface area contributed by atoms with Gasteiger partial charge in [0.2, 0.25) is 6.41 Å². The maximum absolute atomic E-state index is 14.0. The highest BCUT2D eigenvalue weighted by atomic mass is 79.9. The summed E-state index contributed by atoms with van der Waals surface area (Å²) in [6.07, 6.45) is 1.18. The van der Waals surface area contributed by atoms with Crippen LogP contribution < -0.4 is 10.6 Å². The first-order valence-corrected chi connectivity index (χ1v) is 16.9. The Morgan fingerprint density at radius 1 is 1.13 bits per heavy atom. The van der Waals surface area contributed by atoms with Crippen molar-refractivity contribution < 1.29 is 33.0 Å². The minimum atomic E-state index is -1.72. The number of esters is 1. The van der Waals surface area contributed by atoms with Crippen LogP contribution in [0, 0.1) is 0 Å².